The molecule has 2 fully saturated rings. The van der Waals surface area contributed by atoms with E-state index in [0.29, 0.717) is 19.6 Å². The maximum atomic E-state index is 11.4. The molecule has 1 saturated heterocycles. The maximum Gasteiger partial charge on any atom is 0.305 e. The van der Waals surface area contributed by atoms with Crippen LogP contribution in [0, 0.1) is 11.8 Å². The van der Waals surface area contributed by atoms with Gasteiger partial charge in [0.15, 0.2) is 5.79 Å². The summed E-state index contributed by atoms with van der Waals surface area (Å²) in [5, 5.41) is 0. The molecule has 2 rings (SSSR count). The van der Waals surface area contributed by atoms with Gasteiger partial charge in [-0.15, -0.1) is 6.58 Å². The van der Waals surface area contributed by atoms with Gasteiger partial charge in [0, 0.05) is 18.8 Å². The lowest BCUT2D eigenvalue weighted by Crippen LogP contribution is -2.36. The zero-order chi connectivity index (χ0) is 12.3. The Morgan fingerprint density at radius 1 is 1.53 bits per heavy atom. The topological polar surface area (TPSA) is 44.8 Å². The van der Waals surface area contributed by atoms with E-state index in [4.69, 9.17) is 14.2 Å². The zero-order valence-electron chi connectivity index (χ0n) is 10.3. The average molecular weight is 240 g/mol. The van der Waals surface area contributed by atoms with Crippen molar-refractivity contribution in [3.8, 4) is 0 Å². The first kappa shape index (κ1) is 12.6. The Hall–Kier alpha value is -0.870. The van der Waals surface area contributed by atoms with Gasteiger partial charge in [0.05, 0.1) is 20.3 Å². The van der Waals surface area contributed by atoms with Crippen LogP contribution in [-0.2, 0) is 19.0 Å². The minimum Gasteiger partial charge on any atom is -0.469 e. The summed E-state index contributed by atoms with van der Waals surface area (Å²) in [4.78, 5) is 11.4. The van der Waals surface area contributed by atoms with Gasteiger partial charge >= 0.3 is 5.97 Å². The molecule has 4 heteroatoms. The molecule has 0 aromatic heterocycles. The third-order valence-electron chi connectivity index (χ3n) is 3.85. The Balaban J connectivity index is 2.07. The number of allylic oxidation sites excluding steroid dienone is 1. The molecule has 1 saturated carbocycles. The fraction of sp³-hybridized carbons (Fsp3) is 0.769. The van der Waals surface area contributed by atoms with Crippen LogP contribution in [0.15, 0.2) is 12.7 Å². The second kappa shape index (κ2) is 5.19. The van der Waals surface area contributed by atoms with Crippen molar-refractivity contribution in [2.24, 2.45) is 11.8 Å². The van der Waals surface area contributed by atoms with Crippen LogP contribution >= 0.6 is 0 Å². The first-order valence-electron chi connectivity index (χ1n) is 6.17. The van der Waals surface area contributed by atoms with Crippen molar-refractivity contribution in [3.05, 3.63) is 12.7 Å². The Morgan fingerprint density at radius 2 is 2.24 bits per heavy atom. The van der Waals surface area contributed by atoms with Crippen LogP contribution in [0.25, 0.3) is 0 Å². The number of carbonyl (C=O) groups is 1. The van der Waals surface area contributed by atoms with Gasteiger partial charge in [-0.1, -0.05) is 6.08 Å². The lowest BCUT2D eigenvalue weighted by molar-refractivity contribution is -0.186. The number of ether oxygens (including phenoxy) is 3. The second-order valence-electron chi connectivity index (χ2n) is 4.72. The number of hydrogen-bond acceptors (Lipinski definition) is 4. The minimum absolute atomic E-state index is 0.154. The van der Waals surface area contributed by atoms with E-state index >= 15 is 0 Å². The molecule has 2 atom stereocenters. The summed E-state index contributed by atoms with van der Waals surface area (Å²) >= 11 is 0. The summed E-state index contributed by atoms with van der Waals surface area (Å²) in [6, 6.07) is 0. The molecule has 0 aromatic rings. The molecule has 0 bridgehead atoms. The van der Waals surface area contributed by atoms with Crippen LogP contribution < -0.4 is 0 Å². The highest BCUT2D eigenvalue weighted by molar-refractivity contribution is 5.69. The van der Waals surface area contributed by atoms with Crippen LogP contribution in [-0.4, -0.2) is 32.1 Å². The fourth-order valence-electron chi connectivity index (χ4n) is 3.05. The van der Waals surface area contributed by atoms with Crippen LogP contribution in [0.3, 0.4) is 0 Å². The lowest BCUT2D eigenvalue weighted by Gasteiger charge is -2.31. The highest BCUT2D eigenvalue weighted by Gasteiger charge is 2.52. The smallest absolute Gasteiger partial charge is 0.305 e. The summed E-state index contributed by atoms with van der Waals surface area (Å²) in [7, 11) is 1.43. The van der Waals surface area contributed by atoms with Crippen molar-refractivity contribution in [1.29, 1.82) is 0 Å². The van der Waals surface area contributed by atoms with Crippen molar-refractivity contribution >= 4 is 5.97 Å². The fourth-order valence-corrected chi connectivity index (χ4v) is 3.05. The summed E-state index contributed by atoms with van der Waals surface area (Å²) in [5.74, 6) is -0.119. The largest absolute Gasteiger partial charge is 0.469 e. The van der Waals surface area contributed by atoms with Crippen molar-refractivity contribution in [2.75, 3.05) is 20.3 Å². The minimum atomic E-state index is -0.465. The van der Waals surface area contributed by atoms with Crippen molar-refractivity contribution in [3.63, 3.8) is 0 Å². The molecule has 1 aliphatic heterocycles. The summed E-state index contributed by atoms with van der Waals surface area (Å²) in [5.41, 5.74) is 0. The molecule has 1 heterocycles. The molecule has 2 unspecified atom stereocenters. The summed E-state index contributed by atoms with van der Waals surface area (Å²) in [6.45, 7) is 5.09. The molecule has 0 radical (unpaired) electrons. The van der Waals surface area contributed by atoms with E-state index in [2.05, 4.69) is 6.58 Å². The van der Waals surface area contributed by atoms with Gasteiger partial charge in [-0.05, 0) is 18.8 Å². The number of esters is 1. The van der Waals surface area contributed by atoms with E-state index in [1.54, 1.807) is 0 Å². The number of methoxy groups -OCH3 is 1. The van der Waals surface area contributed by atoms with E-state index in [9.17, 15) is 4.79 Å². The van der Waals surface area contributed by atoms with Gasteiger partial charge in [0.25, 0.3) is 0 Å². The van der Waals surface area contributed by atoms with Crippen LogP contribution in [0.4, 0.5) is 0 Å². The van der Waals surface area contributed by atoms with Gasteiger partial charge in [-0.25, -0.2) is 0 Å². The molecule has 2 aliphatic rings. The molecular formula is C13H20O4. The molecule has 1 aliphatic carbocycles. The predicted octanol–water partition coefficient (Wildman–Crippen LogP) is 1.89. The SMILES string of the molecule is C=CCC1C(CC(=O)OC)CCC12OCCO2. The van der Waals surface area contributed by atoms with Crippen molar-refractivity contribution in [1.82, 2.24) is 0 Å². The predicted molar refractivity (Wildman–Crippen MR) is 62.3 cm³/mol. The molecule has 0 N–H and O–H groups in total. The van der Waals surface area contributed by atoms with Crippen molar-refractivity contribution in [2.45, 2.75) is 31.5 Å². The summed E-state index contributed by atoms with van der Waals surface area (Å²) in [6.07, 6.45) is 4.97. The molecule has 17 heavy (non-hydrogen) atoms. The molecule has 0 amide bonds. The highest BCUT2D eigenvalue weighted by atomic mass is 16.7. The quantitative estimate of drug-likeness (QED) is 0.556. The van der Waals surface area contributed by atoms with Gasteiger partial charge in [-0.3, -0.25) is 4.79 Å². The monoisotopic (exact) mass is 240 g/mol. The van der Waals surface area contributed by atoms with Crippen molar-refractivity contribution < 1.29 is 19.0 Å². The van der Waals surface area contributed by atoms with Crippen LogP contribution in [0.2, 0.25) is 0 Å². The molecular weight excluding hydrogens is 220 g/mol. The third kappa shape index (κ3) is 2.38. The normalized spacial score (nSPS) is 30.6. The standard InChI is InChI=1S/C13H20O4/c1-3-4-11-10(9-12(14)15-2)5-6-13(11)16-7-8-17-13/h3,10-11H,1,4-9H2,2H3. The first-order chi connectivity index (χ1) is 8.22. The number of rotatable bonds is 4. The van der Waals surface area contributed by atoms with Crippen LogP contribution in [0.1, 0.15) is 25.7 Å². The zero-order valence-corrected chi connectivity index (χ0v) is 10.3. The van der Waals surface area contributed by atoms with E-state index in [1.807, 2.05) is 6.08 Å². The van der Waals surface area contributed by atoms with E-state index in [0.717, 1.165) is 19.3 Å². The van der Waals surface area contributed by atoms with E-state index in [-0.39, 0.29) is 17.8 Å². The average Bonchev–Trinajstić information content (AvgIpc) is 2.92. The number of carbonyl (C=O) groups excluding carboxylic acids is 1. The van der Waals surface area contributed by atoms with Gasteiger partial charge < -0.3 is 14.2 Å². The van der Waals surface area contributed by atoms with Gasteiger partial charge in [0.1, 0.15) is 0 Å². The Labute approximate surface area is 102 Å². The van der Waals surface area contributed by atoms with Gasteiger partial charge in [-0.2, -0.15) is 0 Å². The highest BCUT2D eigenvalue weighted by Crippen LogP contribution is 2.48. The van der Waals surface area contributed by atoms with E-state index < -0.39 is 5.79 Å². The first-order valence-corrected chi connectivity index (χ1v) is 6.17. The molecule has 1 spiro atoms. The van der Waals surface area contributed by atoms with E-state index in [1.165, 1.54) is 7.11 Å². The van der Waals surface area contributed by atoms with Gasteiger partial charge in [0.2, 0.25) is 0 Å². The maximum absolute atomic E-state index is 11.4. The molecule has 0 aromatic carbocycles. The molecule has 4 nitrogen and oxygen atoms in total. The lowest BCUT2D eigenvalue weighted by atomic mass is 9.87. The Bertz CT molecular complexity index is 294. The Morgan fingerprint density at radius 3 is 2.82 bits per heavy atom. The second-order valence-corrected chi connectivity index (χ2v) is 4.72. The summed E-state index contributed by atoms with van der Waals surface area (Å²) < 4.78 is 16.3. The number of hydrogen-bond donors (Lipinski definition) is 0. The Kier molecular flexibility index (Phi) is 3.84. The van der Waals surface area contributed by atoms with Crippen LogP contribution in [0.5, 0.6) is 0 Å². The third-order valence-corrected chi connectivity index (χ3v) is 3.85. The molecule has 96 valence electrons.